The number of ether oxygens (including phenoxy) is 2. The molecular weight excluding hydrogens is 278 g/mol. The highest BCUT2D eigenvalue weighted by molar-refractivity contribution is 6.17. The van der Waals surface area contributed by atoms with Crippen molar-refractivity contribution in [3.05, 3.63) is 23.7 Å². The van der Waals surface area contributed by atoms with E-state index in [1.165, 1.54) is 0 Å². The summed E-state index contributed by atoms with van der Waals surface area (Å²) in [5, 5.41) is 0. The molecule has 2 heterocycles. The van der Waals surface area contributed by atoms with E-state index < -0.39 is 0 Å². The first-order valence-corrected chi connectivity index (χ1v) is 7.13. The lowest BCUT2D eigenvalue weighted by molar-refractivity contribution is 0.0185. The van der Waals surface area contributed by atoms with E-state index >= 15 is 0 Å². The molecule has 0 aliphatic carbocycles. The molecule has 0 aromatic carbocycles. The van der Waals surface area contributed by atoms with Gasteiger partial charge in [0, 0.05) is 32.7 Å². The first-order chi connectivity index (χ1) is 9.71. The van der Waals surface area contributed by atoms with E-state index in [0.29, 0.717) is 25.5 Å². The van der Waals surface area contributed by atoms with Gasteiger partial charge < -0.3 is 14.0 Å². The zero-order chi connectivity index (χ0) is 14.5. The second-order valence-electron chi connectivity index (χ2n) is 4.69. The third-order valence-electron chi connectivity index (χ3n) is 3.30. The van der Waals surface area contributed by atoms with Gasteiger partial charge in [0.25, 0.3) is 0 Å². The van der Waals surface area contributed by atoms with Crippen molar-refractivity contribution in [1.29, 1.82) is 0 Å². The van der Waals surface area contributed by atoms with Gasteiger partial charge in [0.2, 0.25) is 0 Å². The molecule has 0 N–H and O–H groups in total. The van der Waals surface area contributed by atoms with Gasteiger partial charge in [-0.25, -0.2) is 9.97 Å². The Bertz CT molecular complexity index is 571. The van der Waals surface area contributed by atoms with Crippen molar-refractivity contribution in [2.24, 2.45) is 0 Å². The molecule has 0 fully saturated rings. The normalized spacial score (nSPS) is 13.0. The fraction of sp³-hybridized carbons (Fsp3) is 0.571. The van der Waals surface area contributed by atoms with Crippen molar-refractivity contribution in [1.82, 2.24) is 14.5 Å². The van der Waals surface area contributed by atoms with Gasteiger partial charge >= 0.3 is 0 Å². The minimum atomic E-state index is -0.0335. The summed E-state index contributed by atoms with van der Waals surface area (Å²) in [4.78, 5) is 9.12. The van der Waals surface area contributed by atoms with Crippen LogP contribution >= 0.6 is 11.6 Å². The number of hydrogen-bond donors (Lipinski definition) is 0. The maximum absolute atomic E-state index is 5.88. The third-order valence-corrected chi connectivity index (χ3v) is 3.49. The summed E-state index contributed by atoms with van der Waals surface area (Å²) < 4.78 is 12.7. The van der Waals surface area contributed by atoms with Gasteiger partial charge in [-0.3, -0.25) is 0 Å². The largest absolute Gasteiger partial charge is 0.382 e. The van der Waals surface area contributed by atoms with Crippen LogP contribution in [0.4, 0.5) is 0 Å². The van der Waals surface area contributed by atoms with Crippen molar-refractivity contribution in [2.75, 3.05) is 26.7 Å². The van der Waals surface area contributed by atoms with Crippen LogP contribution in [0.25, 0.3) is 11.2 Å². The summed E-state index contributed by atoms with van der Waals surface area (Å²) in [5.74, 6) is 1.47. The second kappa shape index (κ2) is 7.02. The molecule has 1 unspecified atom stereocenters. The van der Waals surface area contributed by atoms with Crippen LogP contribution in [0.3, 0.4) is 0 Å². The van der Waals surface area contributed by atoms with Crippen molar-refractivity contribution >= 4 is 22.8 Å². The Kier molecular flexibility index (Phi) is 5.34. The molecule has 2 aromatic heterocycles. The predicted molar refractivity (Wildman–Crippen MR) is 79.4 cm³/mol. The summed E-state index contributed by atoms with van der Waals surface area (Å²) in [6.45, 7) is 3.22. The molecule has 2 rings (SSSR count). The highest BCUT2D eigenvalue weighted by atomic mass is 35.5. The average molecular weight is 298 g/mol. The number of hydrogen-bond acceptors (Lipinski definition) is 4. The van der Waals surface area contributed by atoms with E-state index in [-0.39, 0.29) is 6.10 Å². The number of alkyl halides is 1. The van der Waals surface area contributed by atoms with E-state index in [2.05, 4.69) is 14.5 Å². The molecule has 20 heavy (non-hydrogen) atoms. The van der Waals surface area contributed by atoms with Crippen LogP contribution in [0.15, 0.2) is 12.3 Å². The Labute approximate surface area is 123 Å². The summed E-state index contributed by atoms with van der Waals surface area (Å²) in [6.07, 6.45) is 2.48. The van der Waals surface area contributed by atoms with E-state index in [4.69, 9.17) is 21.1 Å². The van der Waals surface area contributed by atoms with Crippen LogP contribution in [0.2, 0.25) is 0 Å². The topological polar surface area (TPSA) is 49.2 Å². The van der Waals surface area contributed by atoms with Gasteiger partial charge in [0.15, 0.2) is 5.65 Å². The van der Waals surface area contributed by atoms with Crippen molar-refractivity contribution in [3.8, 4) is 0 Å². The number of imidazole rings is 1. The lowest BCUT2D eigenvalue weighted by Crippen LogP contribution is -2.25. The molecule has 0 amide bonds. The zero-order valence-electron chi connectivity index (χ0n) is 12.1. The Morgan fingerprint density at radius 1 is 1.40 bits per heavy atom. The summed E-state index contributed by atoms with van der Waals surface area (Å²) in [6, 6.07) is 1.97. The monoisotopic (exact) mass is 297 g/mol. The SMILES string of the molecule is COCC(Cn1c(CCCl)nc2c(C)ccnc21)OC. The van der Waals surface area contributed by atoms with E-state index in [1.807, 2.05) is 13.0 Å². The molecule has 0 saturated carbocycles. The predicted octanol–water partition coefficient (Wildman–Crippen LogP) is 2.18. The molecular formula is C14H20ClN3O2. The van der Waals surface area contributed by atoms with Gasteiger partial charge in [-0.1, -0.05) is 0 Å². The van der Waals surface area contributed by atoms with Gasteiger partial charge in [-0.2, -0.15) is 0 Å². The van der Waals surface area contributed by atoms with Gasteiger partial charge in [-0.05, 0) is 18.6 Å². The third kappa shape index (κ3) is 3.11. The molecule has 2 aromatic rings. The highest BCUT2D eigenvalue weighted by Crippen LogP contribution is 2.19. The van der Waals surface area contributed by atoms with Crippen LogP contribution < -0.4 is 0 Å². The number of pyridine rings is 1. The van der Waals surface area contributed by atoms with Crippen LogP contribution in [0.1, 0.15) is 11.4 Å². The highest BCUT2D eigenvalue weighted by Gasteiger charge is 2.17. The molecule has 0 aliphatic rings. The average Bonchev–Trinajstić information content (AvgIpc) is 2.78. The maximum atomic E-state index is 5.88. The first-order valence-electron chi connectivity index (χ1n) is 6.59. The lowest BCUT2D eigenvalue weighted by atomic mass is 10.3. The summed E-state index contributed by atoms with van der Waals surface area (Å²) in [5.41, 5.74) is 2.92. The Balaban J connectivity index is 2.42. The number of fused-ring (bicyclic) bond motifs is 1. The lowest BCUT2D eigenvalue weighted by Gasteiger charge is -2.16. The number of nitrogens with zero attached hydrogens (tertiary/aromatic N) is 3. The summed E-state index contributed by atoms with van der Waals surface area (Å²) >= 11 is 5.88. The van der Waals surface area contributed by atoms with Crippen LogP contribution in [-0.2, 0) is 22.4 Å². The molecule has 0 aliphatic heterocycles. The van der Waals surface area contributed by atoms with Gasteiger partial charge in [0.1, 0.15) is 11.3 Å². The molecule has 6 heteroatoms. The van der Waals surface area contributed by atoms with Crippen LogP contribution in [0, 0.1) is 6.92 Å². The number of methoxy groups -OCH3 is 2. The van der Waals surface area contributed by atoms with Crippen molar-refractivity contribution in [2.45, 2.75) is 26.0 Å². The second-order valence-corrected chi connectivity index (χ2v) is 5.07. The number of aromatic nitrogens is 3. The fourth-order valence-electron chi connectivity index (χ4n) is 2.24. The quantitative estimate of drug-likeness (QED) is 0.735. The van der Waals surface area contributed by atoms with Crippen molar-refractivity contribution in [3.63, 3.8) is 0 Å². The van der Waals surface area contributed by atoms with Gasteiger partial charge in [0.05, 0.1) is 19.3 Å². The smallest absolute Gasteiger partial charge is 0.160 e. The molecule has 0 saturated heterocycles. The Morgan fingerprint density at radius 3 is 2.85 bits per heavy atom. The van der Waals surface area contributed by atoms with E-state index in [1.54, 1.807) is 20.4 Å². The fourth-order valence-corrected chi connectivity index (χ4v) is 2.40. The minimum Gasteiger partial charge on any atom is -0.382 e. The Morgan fingerprint density at radius 2 is 2.20 bits per heavy atom. The molecule has 5 nitrogen and oxygen atoms in total. The minimum absolute atomic E-state index is 0.0335. The number of halogens is 1. The standard InChI is InChI=1S/C14H20ClN3O2/c1-10-5-7-16-14-13(10)17-12(4-6-15)18(14)8-11(20-3)9-19-2/h5,7,11H,4,6,8-9H2,1-3H3. The molecule has 1 atom stereocenters. The van der Waals surface area contributed by atoms with E-state index in [0.717, 1.165) is 22.6 Å². The van der Waals surface area contributed by atoms with Crippen LogP contribution in [0.5, 0.6) is 0 Å². The molecule has 0 spiro atoms. The number of rotatable bonds is 7. The molecule has 0 radical (unpaired) electrons. The Hall–Kier alpha value is -1.17. The zero-order valence-corrected chi connectivity index (χ0v) is 12.9. The molecule has 0 bridgehead atoms. The summed E-state index contributed by atoms with van der Waals surface area (Å²) in [7, 11) is 3.35. The van der Waals surface area contributed by atoms with E-state index in [9.17, 15) is 0 Å². The van der Waals surface area contributed by atoms with Crippen molar-refractivity contribution < 1.29 is 9.47 Å². The first kappa shape index (κ1) is 15.2. The molecule has 110 valence electrons. The van der Waals surface area contributed by atoms with Crippen LogP contribution in [-0.4, -0.2) is 47.3 Å². The maximum Gasteiger partial charge on any atom is 0.160 e. The van der Waals surface area contributed by atoms with Gasteiger partial charge in [-0.15, -0.1) is 11.6 Å². The number of aryl methyl sites for hydroxylation is 2.